The highest BCUT2D eigenvalue weighted by Crippen LogP contribution is 2.22. The maximum absolute atomic E-state index is 11.2. The molecule has 0 amide bonds. The second kappa shape index (κ2) is 2.48. The lowest BCUT2D eigenvalue weighted by atomic mass is 10.0. The number of benzene rings is 1. The lowest BCUT2D eigenvalue weighted by Crippen LogP contribution is -2.19. The third-order valence-corrected chi connectivity index (χ3v) is 1.99. The summed E-state index contributed by atoms with van der Waals surface area (Å²) in [4.78, 5) is 11.2. The summed E-state index contributed by atoms with van der Waals surface area (Å²) < 4.78 is 0. The number of nitrogens with one attached hydrogen (secondary N) is 1. The van der Waals surface area contributed by atoms with Crippen molar-refractivity contribution < 1.29 is 4.79 Å². The molecule has 0 aliphatic carbocycles. The molecule has 0 saturated carbocycles. The van der Waals surface area contributed by atoms with Gasteiger partial charge in [-0.15, -0.1) is 0 Å². The van der Waals surface area contributed by atoms with Crippen molar-refractivity contribution in [1.82, 2.24) is 0 Å². The lowest BCUT2D eigenvalue weighted by molar-refractivity contribution is -0.114. The zero-order valence-corrected chi connectivity index (χ0v) is 6.63. The summed E-state index contributed by atoms with van der Waals surface area (Å²) in [5.41, 5.74) is 2.55. The zero-order valence-electron chi connectivity index (χ0n) is 6.63. The highest BCUT2D eigenvalue weighted by atomic mass is 16.1. The molecule has 0 radical (unpaired) electrons. The van der Waals surface area contributed by atoms with Crippen LogP contribution in [0.5, 0.6) is 0 Å². The fourth-order valence-corrected chi connectivity index (χ4v) is 1.31. The first kappa shape index (κ1) is 7.10. The van der Waals surface area contributed by atoms with Gasteiger partial charge >= 0.3 is 0 Å². The first-order chi connectivity index (χ1) is 5.77. The molecule has 1 aromatic rings. The molecule has 2 rings (SSSR count). The Hall–Kier alpha value is -1.57. The smallest absolute Gasteiger partial charge is 0.182 e. The van der Waals surface area contributed by atoms with Crippen molar-refractivity contribution >= 4 is 11.5 Å². The minimum atomic E-state index is 0.0775. The topological polar surface area (TPSA) is 29.1 Å². The van der Waals surface area contributed by atoms with Gasteiger partial charge in [0.15, 0.2) is 5.78 Å². The minimum absolute atomic E-state index is 0.0775. The van der Waals surface area contributed by atoms with Crippen molar-refractivity contribution in [2.45, 2.75) is 6.42 Å². The van der Waals surface area contributed by atoms with E-state index in [1.54, 1.807) is 0 Å². The number of hydrogen-bond donors (Lipinski definition) is 1. The Bertz CT molecular complexity index is 320. The van der Waals surface area contributed by atoms with Crippen LogP contribution in [0.2, 0.25) is 0 Å². The van der Waals surface area contributed by atoms with E-state index in [0.29, 0.717) is 12.1 Å². The van der Waals surface area contributed by atoms with Gasteiger partial charge in [-0.25, -0.2) is 0 Å². The monoisotopic (exact) mass is 159 g/mol. The Balaban J connectivity index is 2.47. The molecule has 1 aromatic carbocycles. The minimum Gasteiger partial charge on any atom is -0.353 e. The van der Waals surface area contributed by atoms with Crippen LogP contribution in [0.1, 0.15) is 5.56 Å². The van der Waals surface area contributed by atoms with Gasteiger partial charge in [0.05, 0.1) is 5.70 Å². The number of hydrogen-bond acceptors (Lipinski definition) is 2. The summed E-state index contributed by atoms with van der Waals surface area (Å²) in [5, 5.41) is 2.97. The molecular formula is C10H9NO. The Morgan fingerprint density at radius 2 is 2.08 bits per heavy atom. The number of allylic oxidation sites excluding steroid dienone is 1. The third-order valence-electron chi connectivity index (χ3n) is 1.99. The summed E-state index contributed by atoms with van der Waals surface area (Å²) in [6.45, 7) is 3.63. The molecule has 2 nitrogen and oxygen atoms in total. The number of carbonyl (C=O) groups is 1. The van der Waals surface area contributed by atoms with Crippen molar-refractivity contribution in [3.8, 4) is 0 Å². The van der Waals surface area contributed by atoms with Crippen molar-refractivity contribution in [3.63, 3.8) is 0 Å². The van der Waals surface area contributed by atoms with Crippen LogP contribution in [0, 0.1) is 0 Å². The number of Topliss-reactive ketones (excluding diaryl/α,β-unsaturated/α-hetero) is 1. The highest BCUT2D eigenvalue weighted by molar-refractivity contribution is 6.02. The Morgan fingerprint density at radius 1 is 1.33 bits per heavy atom. The predicted octanol–water partition coefficient (Wildman–Crippen LogP) is 1.74. The number of rotatable bonds is 0. The van der Waals surface area contributed by atoms with E-state index in [1.165, 1.54) is 0 Å². The first-order valence-corrected chi connectivity index (χ1v) is 3.84. The van der Waals surface area contributed by atoms with Gasteiger partial charge in [-0.2, -0.15) is 0 Å². The summed E-state index contributed by atoms with van der Waals surface area (Å²) >= 11 is 0. The van der Waals surface area contributed by atoms with Crippen molar-refractivity contribution in [3.05, 3.63) is 42.1 Å². The van der Waals surface area contributed by atoms with Gasteiger partial charge in [0.25, 0.3) is 0 Å². The van der Waals surface area contributed by atoms with E-state index in [9.17, 15) is 4.79 Å². The molecule has 0 fully saturated rings. The standard InChI is InChI=1S/C10H9NO/c1-7-10(12)6-8-4-2-3-5-9(8)11-7/h2-5,11H,1,6H2. The van der Waals surface area contributed by atoms with Gasteiger partial charge in [0, 0.05) is 12.1 Å². The molecular weight excluding hydrogens is 150 g/mol. The number of anilines is 1. The summed E-state index contributed by atoms with van der Waals surface area (Å²) in [5.74, 6) is 0.0775. The second-order valence-corrected chi connectivity index (χ2v) is 2.86. The van der Waals surface area contributed by atoms with E-state index in [1.807, 2.05) is 24.3 Å². The van der Waals surface area contributed by atoms with Gasteiger partial charge in [-0.05, 0) is 11.6 Å². The Labute approximate surface area is 70.9 Å². The Kier molecular flexibility index (Phi) is 1.47. The van der Waals surface area contributed by atoms with E-state index in [2.05, 4.69) is 11.9 Å². The number of carbonyl (C=O) groups excluding carboxylic acids is 1. The molecule has 1 heterocycles. The maximum Gasteiger partial charge on any atom is 0.182 e. The maximum atomic E-state index is 11.2. The third kappa shape index (κ3) is 1.01. The normalized spacial score (nSPS) is 15.3. The van der Waals surface area contributed by atoms with Crippen molar-refractivity contribution in [1.29, 1.82) is 0 Å². The molecule has 1 aliphatic rings. The van der Waals surface area contributed by atoms with Gasteiger partial charge in [0.1, 0.15) is 0 Å². The average Bonchev–Trinajstić information content (AvgIpc) is 2.07. The van der Waals surface area contributed by atoms with E-state index >= 15 is 0 Å². The molecule has 0 aromatic heterocycles. The molecule has 1 aliphatic heterocycles. The van der Waals surface area contributed by atoms with E-state index < -0.39 is 0 Å². The fourth-order valence-electron chi connectivity index (χ4n) is 1.31. The van der Waals surface area contributed by atoms with Crippen LogP contribution >= 0.6 is 0 Å². The quantitative estimate of drug-likeness (QED) is 0.584. The van der Waals surface area contributed by atoms with Crippen LogP contribution in [0.25, 0.3) is 0 Å². The van der Waals surface area contributed by atoms with Crippen LogP contribution in [0.3, 0.4) is 0 Å². The zero-order chi connectivity index (χ0) is 8.55. The first-order valence-electron chi connectivity index (χ1n) is 3.84. The fraction of sp³-hybridized carbons (Fsp3) is 0.100. The molecule has 0 saturated heterocycles. The number of fused-ring (bicyclic) bond motifs is 1. The van der Waals surface area contributed by atoms with Crippen LogP contribution in [-0.4, -0.2) is 5.78 Å². The van der Waals surface area contributed by atoms with E-state index in [-0.39, 0.29) is 5.78 Å². The van der Waals surface area contributed by atoms with Gasteiger partial charge in [-0.1, -0.05) is 24.8 Å². The highest BCUT2D eigenvalue weighted by Gasteiger charge is 2.16. The molecule has 0 unspecified atom stereocenters. The molecule has 12 heavy (non-hydrogen) atoms. The van der Waals surface area contributed by atoms with E-state index in [4.69, 9.17) is 0 Å². The summed E-state index contributed by atoms with van der Waals surface area (Å²) in [7, 11) is 0. The molecule has 60 valence electrons. The van der Waals surface area contributed by atoms with Crippen LogP contribution in [0.4, 0.5) is 5.69 Å². The van der Waals surface area contributed by atoms with Crippen LogP contribution in [0.15, 0.2) is 36.5 Å². The van der Waals surface area contributed by atoms with Gasteiger partial charge in [0.2, 0.25) is 0 Å². The van der Waals surface area contributed by atoms with Gasteiger partial charge in [-0.3, -0.25) is 4.79 Å². The SMILES string of the molecule is C=C1Nc2ccccc2CC1=O. The molecule has 1 N–H and O–H groups in total. The van der Waals surface area contributed by atoms with Crippen molar-refractivity contribution in [2.75, 3.05) is 5.32 Å². The summed E-state index contributed by atoms with van der Waals surface area (Å²) in [6, 6.07) is 7.77. The molecule has 0 atom stereocenters. The number of ketones is 1. The van der Waals surface area contributed by atoms with Crippen LogP contribution < -0.4 is 5.32 Å². The second-order valence-electron chi connectivity index (χ2n) is 2.86. The largest absolute Gasteiger partial charge is 0.353 e. The Morgan fingerprint density at radius 3 is 2.92 bits per heavy atom. The van der Waals surface area contributed by atoms with E-state index in [0.717, 1.165) is 11.3 Å². The molecule has 0 spiro atoms. The van der Waals surface area contributed by atoms with Crippen molar-refractivity contribution in [2.24, 2.45) is 0 Å². The number of para-hydroxylation sites is 1. The lowest BCUT2D eigenvalue weighted by Gasteiger charge is -2.18. The molecule has 0 bridgehead atoms. The average molecular weight is 159 g/mol. The summed E-state index contributed by atoms with van der Waals surface area (Å²) in [6.07, 6.45) is 0.474. The van der Waals surface area contributed by atoms with Gasteiger partial charge < -0.3 is 5.32 Å². The van der Waals surface area contributed by atoms with Crippen LogP contribution in [-0.2, 0) is 11.2 Å². The molecule has 2 heteroatoms. The predicted molar refractivity (Wildman–Crippen MR) is 47.9 cm³/mol.